The van der Waals surface area contributed by atoms with Crippen molar-refractivity contribution in [1.29, 1.82) is 0 Å². The highest BCUT2D eigenvalue weighted by Gasteiger charge is 2.09. The van der Waals surface area contributed by atoms with Crippen LogP contribution < -0.4 is 9.47 Å². The maximum atomic E-state index is 5.34. The van der Waals surface area contributed by atoms with Crippen molar-refractivity contribution in [3.8, 4) is 11.5 Å². The Morgan fingerprint density at radius 3 is 1.93 bits per heavy atom. The number of methoxy groups -OCH3 is 2. The van der Waals surface area contributed by atoms with E-state index in [4.69, 9.17) is 9.47 Å². The number of aryl methyl sites for hydroxylation is 1. The molecule has 0 aliphatic carbocycles. The molecule has 0 atom stereocenters. The number of ether oxygens (including phenoxy) is 2. The van der Waals surface area contributed by atoms with Gasteiger partial charge in [0.05, 0.1) is 14.2 Å². The third kappa shape index (κ3) is 2.19. The second-order valence-electron chi connectivity index (χ2n) is 3.40. The molecule has 0 saturated heterocycles. The Kier molecular flexibility index (Phi) is 3.81. The molecule has 0 N–H and O–H groups in total. The van der Waals surface area contributed by atoms with Gasteiger partial charge >= 0.3 is 0 Å². The quantitative estimate of drug-likeness (QED) is 0.733. The molecule has 0 aliphatic heterocycles. The van der Waals surface area contributed by atoms with E-state index < -0.39 is 0 Å². The molecule has 1 aromatic rings. The molecule has 2 nitrogen and oxygen atoms in total. The third-order valence-corrected chi connectivity index (χ3v) is 2.25. The molecule has 0 unspecified atom stereocenters. The van der Waals surface area contributed by atoms with E-state index in [9.17, 15) is 0 Å². The first-order chi connectivity index (χ1) is 6.72. The monoisotopic (exact) mass is 194 g/mol. The Labute approximate surface area is 85.8 Å². The van der Waals surface area contributed by atoms with Crippen molar-refractivity contribution in [3.63, 3.8) is 0 Å². The van der Waals surface area contributed by atoms with Gasteiger partial charge in [-0.2, -0.15) is 0 Å². The van der Waals surface area contributed by atoms with E-state index in [-0.39, 0.29) is 0 Å². The van der Waals surface area contributed by atoms with Crippen molar-refractivity contribution < 1.29 is 9.47 Å². The van der Waals surface area contributed by atoms with Gasteiger partial charge in [-0.25, -0.2) is 0 Å². The van der Waals surface area contributed by atoms with E-state index in [2.05, 4.69) is 6.92 Å². The number of rotatable bonds is 4. The Morgan fingerprint density at radius 2 is 1.57 bits per heavy atom. The molecule has 14 heavy (non-hydrogen) atoms. The second-order valence-corrected chi connectivity index (χ2v) is 3.40. The zero-order valence-corrected chi connectivity index (χ0v) is 9.39. The molecule has 0 amide bonds. The van der Waals surface area contributed by atoms with Crippen LogP contribution in [0.3, 0.4) is 0 Å². The van der Waals surface area contributed by atoms with Crippen LogP contribution in [0.1, 0.15) is 24.5 Å². The first-order valence-electron chi connectivity index (χ1n) is 4.94. The lowest BCUT2D eigenvalue weighted by atomic mass is 10.1. The van der Waals surface area contributed by atoms with E-state index in [1.165, 1.54) is 11.1 Å². The molecule has 1 rings (SSSR count). The molecule has 0 bridgehead atoms. The zero-order valence-electron chi connectivity index (χ0n) is 9.39. The first kappa shape index (κ1) is 10.9. The topological polar surface area (TPSA) is 18.5 Å². The molecule has 0 saturated carbocycles. The van der Waals surface area contributed by atoms with Gasteiger partial charge in [0.1, 0.15) is 11.5 Å². The van der Waals surface area contributed by atoms with Crippen molar-refractivity contribution in [2.75, 3.05) is 14.2 Å². The van der Waals surface area contributed by atoms with Crippen LogP contribution in [0.15, 0.2) is 12.1 Å². The van der Waals surface area contributed by atoms with Crippen LogP contribution in [0.4, 0.5) is 0 Å². The summed E-state index contributed by atoms with van der Waals surface area (Å²) in [6.45, 7) is 4.19. The fourth-order valence-electron chi connectivity index (χ4n) is 1.61. The first-order valence-corrected chi connectivity index (χ1v) is 4.94. The highest BCUT2D eigenvalue weighted by molar-refractivity contribution is 5.47. The Bertz CT molecular complexity index is 280. The molecule has 0 aromatic heterocycles. The van der Waals surface area contributed by atoms with E-state index in [1.54, 1.807) is 14.2 Å². The smallest absolute Gasteiger partial charge is 0.126 e. The summed E-state index contributed by atoms with van der Waals surface area (Å²) >= 11 is 0. The largest absolute Gasteiger partial charge is 0.496 e. The second kappa shape index (κ2) is 4.89. The fourth-order valence-corrected chi connectivity index (χ4v) is 1.61. The minimum absolute atomic E-state index is 0.934. The lowest BCUT2D eigenvalue weighted by Gasteiger charge is -2.13. The van der Waals surface area contributed by atoms with Gasteiger partial charge in [-0.05, 0) is 31.0 Å². The van der Waals surface area contributed by atoms with Crippen LogP contribution in [-0.2, 0) is 6.42 Å². The normalized spacial score (nSPS) is 10.0. The van der Waals surface area contributed by atoms with Crippen molar-refractivity contribution >= 4 is 0 Å². The van der Waals surface area contributed by atoms with Crippen molar-refractivity contribution in [2.45, 2.75) is 26.7 Å². The molecule has 0 spiro atoms. The number of hydrogen-bond acceptors (Lipinski definition) is 2. The Morgan fingerprint density at radius 1 is 1.07 bits per heavy atom. The van der Waals surface area contributed by atoms with Gasteiger partial charge in [-0.1, -0.05) is 13.3 Å². The maximum Gasteiger partial charge on any atom is 0.126 e. The summed E-state index contributed by atoms with van der Waals surface area (Å²) in [6, 6.07) is 4.10. The third-order valence-electron chi connectivity index (χ3n) is 2.25. The van der Waals surface area contributed by atoms with E-state index in [0.717, 1.165) is 24.3 Å². The highest BCUT2D eigenvalue weighted by Crippen LogP contribution is 2.31. The molecular formula is C12H18O2. The summed E-state index contributed by atoms with van der Waals surface area (Å²) in [7, 11) is 3.40. The number of hydrogen-bond donors (Lipinski definition) is 0. The summed E-state index contributed by atoms with van der Waals surface area (Å²) < 4.78 is 10.7. The van der Waals surface area contributed by atoms with E-state index in [1.807, 2.05) is 19.1 Å². The van der Waals surface area contributed by atoms with Crippen LogP contribution in [0.2, 0.25) is 0 Å². The van der Waals surface area contributed by atoms with E-state index in [0.29, 0.717) is 0 Å². The van der Waals surface area contributed by atoms with Crippen molar-refractivity contribution in [2.24, 2.45) is 0 Å². The lowest BCUT2D eigenvalue weighted by Crippen LogP contribution is -1.97. The molecule has 0 heterocycles. The van der Waals surface area contributed by atoms with Gasteiger partial charge in [0.25, 0.3) is 0 Å². The molecule has 78 valence electrons. The van der Waals surface area contributed by atoms with E-state index >= 15 is 0 Å². The van der Waals surface area contributed by atoms with Crippen LogP contribution in [-0.4, -0.2) is 14.2 Å². The van der Waals surface area contributed by atoms with Crippen molar-refractivity contribution in [1.82, 2.24) is 0 Å². The summed E-state index contributed by atoms with van der Waals surface area (Å²) in [4.78, 5) is 0. The lowest BCUT2D eigenvalue weighted by molar-refractivity contribution is 0.384. The highest BCUT2D eigenvalue weighted by atomic mass is 16.5. The molecule has 1 aromatic carbocycles. The number of benzene rings is 1. The Balaban J connectivity index is 3.18. The van der Waals surface area contributed by atoms with Crippen LogP contribution in [0, 0.1) is 6.92 Å². The summed E-state index contributed by atoms with van der Waals surface area (Å²) in [5.41, 5.74) is 2.33. The average molecular weight is 194 g/mol. The van der Waals surface area contributed by atoms with Gasteiger partial charge in [-0.3, -0.25) is 0 Å². The zero-order chi connectivity index (χ0) is 10.6. The van der Waals surface area contributed by atoms with Crippen molar-refractivity contribution in [3.05, 3.63) is 23.3 Å². The maximum absolute atomic E-state index is 5.34. The Hall–Kier alpha value is -1.18. The van der Waals surface area contributed by atoms with Gasteiger partial charge < -0.3 is 9.47 Å². The van der Waals surface area contributed by atoms with Gasteiger partial charge in [0.2, 0.25) is 0 Å². The van der Waals surface area contributed by atoms with Gasteiger partial charge in [-0.15, -0.1) is 0 Å². The minimum atomic E-state index is 0.934. The summed E-state index contributed by atoms with van der Waals surface area (Å²) in [5.74, 6) is 1.87. The minimum Gasteiger partial charge on any atom is -0.496 e. The molecule has 0 radical (unpaired) electrons. The fraction of sp³-hybridized carbons (Fsp3) is 0.500. The standard InChI is InChI=1S/C12H18O2/c1-5-6-10-11(13-3)7-9(2)8-12(10)14-4/h7-8H,5-6H2,1-4H3. The predicted octanol–water partition coefficient (Wildman–Crippen LogP) is 2.96. The summed E-state index contributed by atoms with van der Waals surface area (Å²) in [5, 5.41) is 0. The van der Waals surface area contributed by atoms with Gasteiger partial charge in [0, 0.05) is 5.56 Å². The molecule has 0 fully saturated rings. The van der Waals surface area contributed by atoms with Gasteiger partial charge in [0.15, 0.2) is 0 Å². The van der Waals surface area contributed by atoms with Crippen LogP contribution in [0.25, 0.3) is 0 Å². The molecule has 0 aliphatic rings. The summed E-state index contributed by atoms with van der Waals surface area (Å²) in [6.07, 6.45) is 2.09. The SMILES string of the molecule is CCCc1c(OC)cc(C)cc1OC. The van der Waals surface area contributed by atoms with Crippen LogP contribution in [0.5, 0.6) is 11.5 Å². The molecular weight excluding hydrogens is 176 g/mol. The predicted molar refractivity (Wildman–Crippen MR) is 58.3 cm³/mol. The molecule has 2 heteroatoms. The average Bonchev–Trinajstić information content (AvgIpc) is 2.20. The van der Waals surface area contributed by atoms with Crippen LogP contribution >= 0.6 is 0 Å².